The standard InChI is InChI=1S/C14H23N/c1-4-13(3)11-14(5-2)12-15-9-7-6-8-10-15/h4-5,11H,2,6-10,12H2,1,3H3/b13-4-,14-11+. The second-order valence-corrected chi connectivity index (χ2v) is 4.29. The van der Waals surface area contributed by atoms with Crippen molar-refractivity contribution < 1.29 is 0 Å². The SMILES string of the molecule is C=C/C(=C\C(C)=C/C)CN1CCCCC1. The largest absolute Gasteiger partial charge is 0.299 e. The summed E-state index contributed by atoms with van der Waals surface area (Å²) in [6.07, 6.45) is 10.5. The molecule has 15 heavy (non-hydrogen) atoms. The van der Waals surface area contributed by atoms with Gasteiger partial charge in [-0.1, -0.05) is 36.8 Å². The molecular weight excluding hydrogens is 182 g/mol. The van der Waals surface area contributed by atoms with Crippen LogP contribution in [0.3, 0.4) is 0 Å². The highest BCUT2D eigenvalue weighted by molar-refractivity contribution is 5.28. The Bertz CT molecular complexity index is 255. The van der Waals surface area contributed by atoms with E-state index in [1.165, 1.54) is 43.5 Å². The van der Waals surface area contributed by atoms with E-state index in [0.29, 0.717) is 0 Å². The number of hydrogen-bond acceptors (Lipinski definition) is 1. The Balaban J connectivity index is 2.52. The number of rotatable bonds is 4. The molecule has 1 fully saturated rings. The lowest BCUT2D eigenvalue weighted by Crippen LogP contribution is -2.31. The van der Waals surface area contributed by atoms with Gasteiger partial charge >= 0.3 is 0 Å². The fourth-order valence-electron chi connectivity index (χ4n) is 1.92. The van der Waals surface area contributed by atoms with Crippen LogP contribution in [0, 0.1) is 0 Å². The Kier molecular flexibility index (Phi) is 5.41. The van der Waals surface area contributed by atoms with Crippen LogP contribution in [0.2, 0.25) is 0 Å². The zero-order valence-electron chi connectivity index (χ0n) is 10.1. The van der Waals surface area contributed by atoms with E-state index in [0.717, 1.165) is 6.54 Å². The van der Waals surface area contributed by atoms with Crippen LogP contribution in [-0.4, -0.2) is 24.5 Å². The highest BCUT2D eigenvalue weighted by Crippen LogP contribution is 2.12. The molecule has 1 heteroatoms. The number of likely N-dealkylation sites (tertiary alicyclic amines) is 1. The molecule has 0 saturated carbocycles. The van der Waals surface area contributed by atoms with Crippen molar-refractivity contribution in [2.75, 3.05) is 19.6 Å². The Morgan fingerprint density at radius 1 is 1.27 bits per heavy atom. The number of nitrogens with zero attached hydrogens (tertiary/aromatic N) is 1. The normalized spacial score (nSPS) is 20.4. The van der Waals surface area contributed by atoms with Crippen LogP contribution in [0.15, 0.2) is 36.0 Å². The lowest BCUT2D eigenvalue weighted by Gasteiger charge is -2.26. The highest BCUT2D eigenvalue weighted by atomic mass is 15.1. The molecule has 0 amide bonds. The van der Waals surface area contributed by atoms with Gasteiger partial charge in [-0.05, 0) is 45.4 Å². The first-order chi connectivity index (χ1) is 7.26. The molecule has 0 unspecified atom stereocenters. The minimum absolute atomic E-state index is 1.06. The lowest BCUT2D eigenvalue weighted by molar-refractivity contribution is 0.248. The second-order valence-electron chi connectivity index (χ2n) is 4.29. The Labute approximate surface area is 94.2 Å². The summed E-state index contributed by atoms with van der Waals surface area (Å²) in [6.45, 7) is 11.7. The first kappa shape index (κ1) is 12.3. The van der Waals surface area contributed by atoms with Gasteiger partial charge < -0.3 is 0 Å². The Morgan fingerprint density at radius 2 is 1.93 bits per heavy atom. The van der Waals surface area contributed by atoms with Gasteiger partial charge in [-0.3, -0.25) is 4.90 Å². The molecule has 1 aliphatic heterocycles. The molecule has 84 valence electrons. The molecule has 1 rings (SSSR count). The predicted octanol–water partition coefficient (Wildman–Crippen LogP) is 3.55. The summed E-state index contributed by atoms with van der Waals surface area (Å²) in [5, 5.41) is 0. The third-order valence-corrected chi connectivity index (χ3v) is 2.99. The second kappa shape index (κ2) is 6.62. The van der Waals surface area contributed by atoms with E-state index >= 15 is 0 Å². The fraction of sp³-hybridized carbons (Fsp3) is 0.571. The molecule has 1 aliphatic rings. The molecule has 1 nitrogen and oxygen atoms in total. The molecule has 0 aromatic rings. The molecule has 0 radical (unpaired) electrons. The van der Waals surface area contributed by atoms with Gasteiger partial charge in [-0.2, -0.15) is 0 Å². The van der Waals surface area contributed by atoms with Crippen LogP contribution in [0.5, 0.6) is 0 Å². The van der Waals surface area contributed by atoms with Crippen molar-refractivity contribution in [1.82, 2.24) is 4.90 Å². The molecule has 0 aromatic heterocycles. The number of piperidine rings is 1. The van der Waals surface area contributed by atoms with Gasteiger partial charge in [0.1, 0.15) is 0 Å². The molecular formula is C14H23N. The van der Waals surface area contributed by atoms with Crippen molar-refractivity contribution in [2.24, 2.45) is 0 Å². The van der Waals surface area contributed by atoms with Crippen molar-refractivity contribution in [1.29, 1.82) is 0 Å². The van der Waals surface area contributed by atoms with Crippen LogP contribution in [0.1, 0.15) is 33.1 Å². The van der Waals surface area contributed by atoms with Gasteiger partial charge in [-0.15, -0.1) is 0 Å². The van der Waals surface area contributed by atoms with Crippen LogP contribution in [-0.2, 0) is 0 Å². The average Bonchev–Trinajstić information content (AvgIpc) is 2.29. The van der Waals surface area contributed by atoms with Crippen LogP contribution >= 0.6 is 0 Å². The molecule has 1 heterocycles. The molecule has 0 N–H and O–H groups in total. The first-order valence-corrected chi connectivity index (χ1v) is 5.94. The Morgan fingerprint density at radius 3 is 2.47 bits per heavy atom. The highest BCUT2D eigenvalue weighted by Gasteiger charge is 2.10. The quantitative estimate of drug-likeness (QED) is 0.634. The van der Waals surface area contributed by atoms with Gasteiger partial charge in [0.2, 0.25) is 0 Å². The maximum absolute atomic E-state index is 3.89. The first-order valence-electron chi connectivity index (χ1n) is 5.94. The third-order valence-electron chi connectivity index (χ3n) is 2.99. The van der Waals surface area contributed by atoms with Gasteiger partial charge in [0.15, 0.2) is 0 Å². The smallest absolute Gasteiger partial charge is 0.0233 e. The molecule has 1 saturated heterocycles. The van der Waals surface area contributed by atoms with Crippen LogP contribution in [0.25, 0.3) is 0 Å². The zero-order valence-corrected chi connectivity index (χ0v) is 10.1. The molecule has 0 atom stereocenters. The van der Waals surface area contributed by atoms with E-state index in [1.807, 2.05) is 6.08 Å². The predicted molar refractivity (Wildman–Crippen MR) is 68.0 cm³/mol. The van der Waals surface area contributed by atoms with Gasteiger partial charge in [0, 0.05) is 6.54 Å². The van der Waals surface area contributed by atoms with Crippen LogP contribution in [0.4, 0.5) is 0 Å². The van der Waals surface area contributed by atoms with E-state index in [1.54, 1.807) is 0 Å². The summed E-state index contributed by atoms with van der Waals surface area (Å²) in [4.78, 5) is 2.53. The topological polar surface area (TPSA) is 3.24 Å². The van der Waals surface area contributed by atoms with E-state index < -0.39 is 0 Å². The Hall–Kier alpha value is -0.820. The van der Waals surface area contributed by atoms with Crippen LogP contribution < -0.4 is 0 Å². The fourth-order valence-corrected chi connectivity index (χ4v) is 1.92. The van der Waals surface area contributed by atoms with Gasteiger partial charge in [0.05, 0.1) is 0 Å². The van der Waals surface area contributed by atoms with E-state index in [9.17, 15) is 0 Å². The zero-order chi connectivity index (χ0) is 11.1. The minimum atomic E-state index is 1.06. The summed E-state index contributed by atoms with van der Waals surface area (Å²) in [6, 6.07) is 0. The molecule has 0 bridgehead atoms. The van der Waals surface area contributed by atoms with Crippen molar-refractivity contribution in [3.05, 3.63) is 36.0 Å². The average molecular weight is 205 g/mol. The summed E-state index contributed by atoms with van der Waals surface area (Å²) in [7, 11) is 0. The monoisotopic (exact) mass is 205 g/mol. The van der Waals surface area contributed by atoms with Crippen molar-refractivity contribution in [3.8, 4) is 0 Å². The van der Waals surface area contributed by atoms with Gasteiger partial charge in [-0.25, -0.2) is 0 Å². The van der Waals surface area contributed by atoms with E-state index in [4.69, 9.17) is 0 Å². The van der Waals surface area contributed by atoms with Gasteiger partial charge in [0.25, 0.3) is 0 Å². The summed E-state index contributed by atoms with van der Waals surface area (Å²) < 4.78 is 0. The maximum atomic E-state index is 3.89. The van der Waals surface area contributed by atoms with Crippen molar-refractivity contribution >= 4 is 0 Å². The van der Waals surface area contributed by atoms with E-state index in [2.05, 4.69) is 37.5 Å². The molecule has 0 spiro atoms. The number of allylic oxidation sites excluding steroid dienone is 3. The third kappa shape index (κ3) is 4.48. The molecule has 0 aliphatic carbocycles. The summed E-state index contributed by atoms with van der Waals surface area (Å²) in [5.74, 6) is 0. The molecule has 0 aromatic carbocycles. The maximum Gasteiger partial charge on any atom is 0.0233 e. The minimum Gasteiger partial charge on any atom is -0.299 e. The van der Waals surface area contributed by atoms with Crippen molar-refractivity contribution in [3.63, 3.8) is 0 Å². The van der Waals surface area contributed by atoms with E-state index in [-0.39, 0.29) is 0 Å². The van der Waals surface area contributed by atoms with Crippen molar-refractivity contribution in [2.45, 2.75) is 33.1 Å². The lowest BCUT2D eigenvalue weighted by atomic mass is 10.1. The number of hydrogen-bond donors (Lipinski definition) is 0. The summed E-state index contributed by atoms with van der Waals surface area (Å²) >= 11 is 0. The summed E-state index contributed by atoms with van der Waals surface area (Å²) in [5.41, 5.74) is 2.66.